The summed E-state index contributed by atoms with van der Waals surface area (Å²) in [6, 6.07) is 9.42. The van der Waals surface area contributed by atoms with Crippen molar-refractivity contribution in [3.63, 3.8) is 0 Å². The zero-order chi connectivity index (χ0) is 23.1. The Morgan fingerprint density at radius 3 is 2.32 bits per heavy atom. The van der Waals surface area contributed by atoms with Crippen LogP contribution in [0.5, 0.6) is 0 Å². The molecule has 2 rings (SSSR count). The van der Waals surface area contributed by atoms with Gasteiger partial charge in [-0.25, -0.2) is 4.79 Å². The lowest BCUT2D eigenvalue weighted by Crippen LogP contribution is -2.42. The molecule has 168 valence electrons. The van der Waals surface area contributed by atoms with Gasteiger partial charge in [-0.2, -0.15) is 0 Å². The molecule has 0 bridgehead atoms. The third kappa shape index (κ3) is 5.82. The number of ether oxygens (including phenoxy) is 2. The maximum absolute atomic E-state index is 13.1. The highest BCUT2D eigenvalue weighted by molar-refractivity contribution is 6.04. The maximum atomic E-state index is 13.1. The Bertz CT molecular complexity index is 931. The molecule has 1 heterocycles. The van der Waals surface area contributed by atoms with Crippen LogP contribution in [0.1, 0.15) is 58.4 Å². The van der Waals surface area contributed by atoms with E-state index in [-0.39, 0.29) is 37.5 Å². The Morgan fingerprint density at radius 1 is 1.10 bits per heavy atom. The minimum atomic E-state index is -0.462. The number of nitrogens with zero attached hydrogens (tertiary/aromatic N) is 2. The minimum Gasteiger partial charge on any atom is -0.461 e. The van der Waals surface area contributed by atoms with E-state index in [1.165, 1.54) is 4.90 Å². The molecule has 2 aromatic rings. The lowest BCUT2D eigenvalue weighted by molar-refractivity contribution is -0.137. The van der Waals surface area contributed by atoms with Crippen molar-refractivity contribution in [3.05, 3.63) is 58.4 Å². The van der Waals surface area contributed by atoms with Crippen molar-refractivity contribution in [2.45, 2.75) is 47.3 Å². The molecule has 1 aromatic carbocycles. The van der Waals surface area contributed by atoms with E-state index in [4.69, 9.17) is 9.47 Å². The van der Waals surface area contributed by atoms with Crippen LogP contribution in [0.2, 0.25) is 0 Å². The monoisotopic (exact) mass is 428 g/mol. The lowest BCUT2D eigenvalue weighted by Gasteiger charge is -2.26. The van der Waals surface area contributed by atoms with Crippen molar-refractivity contribution in [2.24, 2.45) is 7.05 Å². The number of rotatable bonds is 10. The summed E-state index contributed by atoms with van der Waals surface area (Å²) in [5.41, 5.74) is 3.02. The van der Waals surface area contributed by atoms with E-state index in [9.17, 15) is 14.4 Å². The quantitative estimate of drug-likeness (QED) is 0.428. The number of benzene rings is 1. The number of hydrogen-bond donors (Lipinski definition) is 0. The van der Waals surface area contributed by atoms with Gasteiger partial charge in [0.1, 0.15) is 12.3 Å². The molecular formula is C24H32N2O5. The molecule has 0 spiro atoms. The van der Waals surface area contributed by atoms with Crippen molar-refractivity contribution < 1.29 is 23.9 Å². The van der Waals surface area contributed by atoms with Gasteiger partial charge in [0.15, 0.2) is 5.78 Å². The van der Waals surface area contributed by atoms with E-state index < -0.39 is 5.97 Å². The summed E-state index contributed by atoms with van der Waals surface area (Å²) in [6.07, 6.45) is 0. The first-order valence-electron chi connectivity index (χ1n) is 10.5. The zero-order valence-electron chi connectivity index (χ0n) is 19.2. The second kappa shape index (κ2) is 10.9. The lowest BCUT2D eigenvalue weighted by atomic mass is 10.0. The number of carbonyl (C=O) groups is 3. The number of esters is 1. The van der Waals surface area contributed by atoms with Crippen LogP contribution in [-0.4, -0.2) is 52.9 Å². The molecule has 31 heavy (non-hydrogen) atoms. The maximum Gasteiger partial charge on any atom is 0.355 e. The van der Waals surface area contributed by atoms with Crippen molar-refractivity contribution in [1.29, 1.82) is 0 Å². The number of Topliss-reactive ketones (excluding diaryl/α,β-unsaturated/α-hetero) is 1. The smallest absolute Gasteiger partial charge is 0.355 e. The SMILES string of the molecule is CCOC(=O)c1c(C)c(C(=O)CN(C(=O)COCc2ccccc2)C(C)C)c(C)n1C. The molecule has 0 radical (unpaired) electrons. The zero-order valence-corrected chi connectivity index (χ0v) is 19.2. The van der Waals surface area contributed by atoms with Crippen LogP contribution in [0.25, 0.3) is 0 Å². The van der Waals surface area contributed by atoms with Crippen molar-refractivity contribution in [3.8, 4) is 0 Å². The fraction of sp³-hybridized carbons (Fsp3) is 0.458. The molecule has 0 N–H and O–H groups in total. The van der Waals surface area contributed by atoms with Gasteiger partial charge in [0, 0.05) is 24.3 Å². The topological polar surface area (TPSA) is 77.8 Å². The number of aromatic nitrogens is 1. The summed E-state index contributed by atoms with van der Waals surface area (Å²) in [7, 11) is 1.73. The molecule has 0 unspecified atom stereocenters. The van der Waals surface area contributed by atoms with Crippen LogP contribution in [0.4, 0.5) is 0 Å². The fourth-order valence-corrected chi connectivity index (χ4v) is 3.58. The van der Waals surface area contributed by atoms with Crippen LogP contribution in [0.15, 0.2) is 30.3 Å². The van der Waals surface area contributed by atoms with E-state index in [1.807, 2.05) is 44.2 Å². The Hall–Kier alpha value is -2.93. The van der Waals surface area contributed by atoms with E-state index in [0.717, 1.165) is 5.56 Å². The highest BCUT2D eigenvalue weighted by atomic mass is 16.5. The van der Waals surface area contributed by atoms with Crippen molar-refractivity contribution in [2.75, 3.05) is 19.8 Å². The standard InChI is InChI=1S/C24H32N2O5/c1-7-31-24(29)23-17(4)22(18(5)25(23)6)20(27)13-26(16(2)3)21(28)15-30-14-19-11-9-8-10-12-19/h8-12,16H,7,13-15H2,1-6H3. The predicted molar refractivity (Wildman–Crippen MR) is 118 cm³/mol. The van der Waals surface area contributed by atoms with E-state index in [0.29, 0.717) is 29.1 Å². The molecule has 1 aromatic heterocycles. The molecule has 0 atom stereocenters. The Kier molecular flexibility index (Phi) is 8.56. The highest BCUT2D eigenvalue weighted by Crippen LogP contribution is 2.23. The van der Waals surface area contributed by atoms with Gasteiger partial charge in [0.25, 0.3) is 0 Å². The number of ketones is 1. The molecule has 0 saturated heterocycles. The summed E-state index contributed by atoms with van der Waals surface area (Å²) in [5, 5.41) is 0. The molecule has 0 fully saturated rings. The van der Waals surface area contributed by atoms with Gasteiger partial charge in [-0.3, -0.25) is 9.59 Å². The molecular weight excluding hydrogens is 396 g/mol. The van der Waals surface area contributed by atoms with Crippen LogP contribution < -0.4 is 0 Å². The first-order valence-corrected chi connectivity index (χ1v) is 10.5. The van der Waals surface area contributed by atoms with Gasteiger partial charge in [-0.1, -0.05) is 30.3 Å². The first kappa shape index (κ1) is 24.3. The largest absolute Gasteiger partial charge is 0.461 e. The van der Waals surface area contributed by atoms with Crippen LogP contribution in [0.3, 0.4) is 0 Å². The van der Waals surface area contributed by atoms with E-state index in [2.05, 4.69) is 0 Å². The van der Waals surface area contributed by atoms with Crippen LogP contribution >= 0.6 is 0 Å². The van der Waals surface area contributed by atoms with Gasteiger partial charge in [-0.05, 0) is 45.7 Å². The van der Waals surface area contributed by atoms with Crippen LogP contribution in [-0.2, 0) is 27.9 Å². The Morgan fingerprint density at radius 2 is 1.74 bits per heavy atom. The number of amides is 1. The van der Waals surface area contributed by atoms with Gasteiger partial charge in [0.2, 0.25) is 5.91 Å². The normalized spacial score (nSPS) is 10.9. The number of hydrogen-bond acceptors (Lipinski definition) is 5. The fourth-order valence-electron chi connectivity index (χ4n) is 3.58. The molecule has 1 amide bonds. The summed E-state index contributed by atoms with van der Waals surface area (Å²) >= 11 is 0. The minimum absolute atomic E-state index is 0.0842. The van der Waals surface area contributed by atoms with E-state index >= 15 is 0 Å². The van der Waals surface area contributed by atoms with E-state index in [1.54, 1.807) is 32.4 Å². The third-order valence-electron chi connectivity index (χ3n) is 5.27. The summed E-state index contributed by atoms with van der Waals surface area (Å²) < 4.78 is 12.4. The molecule has 7 nitrogen and oxygen atoms in total. The van der Waals surface area contributed by atoms with Gasteiger partial charge in [-0.15, -0.1) is 0 Å². The molecule has 0 aliphatic carbocycles. The number of carbonyl (C=O) groups excluding carboxylic acids is 3. The summed E-state index contributed by atoms with van der Waals surface area (Å²) in [5.74, 6) is -0.932. The van der Waals surface area contributed by atoms with Crippen molar-refractivity contribution in [1.82, 2.24) is 9.47 Å². The first-order chi connectivity index (χ1) is 14.7. The van der Waals surface area contributed by atoms with Gasteiger partial charge < -0.3 is 18.9 Å². The second-order valence-corrected chi connectivity index (χ2v) is 7.73. The predicted octanol–water partition coefficient (Wildman–Crippen LogP) is 3.46. The average Bonchev–Trinajstić information content (AvgIpc) is 2.95. The molecule has 0 saturated carbocycles. The van der Waals surface area contributed by atoms with Crippen LogP contribution in [0, 0.1) is 13.8 Å². The second-order valence-electron chi connectivity index (χ2n) is 7.73. The summed E-state index contributed by atoms with van der Waals surface area (Å²) in [4.78, 5) is 39.7. The average molecular weight is 429 g/mol. The highest BCUT2D eigenvalue weighted by Gasteiger charge is 2.28. The third-order valence-corrected chi connectivity index (χ3v) is 5.27. The summed E-state index contributed by atoms with van der Waals surface area (Å²) in [6.45, 7) is 9.36. The Balaban J connectivity index is 2.12. The Labute approximate surface area is 183 Å². The molecule has 0 aliphatic rings. The van der Waals surface area contributed by atoms with Gasteiger partial charge in [0.05, 0.1) is 19.8 Å². The molecule has 7 heteroatoms. The molecule has 0 aliphatic heterocycles. The van der Waals surface area contributed by atoms with Crippen molar-refractivity contribution >= 4 is 17.7 Å². The van der Waals surface area contributed by atoms with Gasteiger partial charge >= 0.3 is 5.97 Å².